The van der Waals surface area contributed by atoms with Crippen LogP contribution in [-0.4, -0.2) is 19.0 Å². The van der Waals surface area contributed by atoms with Crippen molar-refractivity contribution in [1.29, 1.82) is 0 Å². The Morgan fingerprint density at radius 3 is 2.33 bits per heavy atom. The lowest BCUT2D eigenvalue weighted by molar-refractivity contribution is -0.120. The molecule has 2 aromatic carbocycles. The molecular formula is C18H17F3N2O. The van der Waals surface area contributed by atoms with Crippen LogP contribution in [0.25, 0.3) is 11.1 Å². The van der Waals surface area contributed by atoms with E-state index in [0.29, 0.717) is 11.3 Å². The first-order chi connectivity index (χ1) is 11.6. The fourth-order valence-corrected chi connectivity index (χ4v) is 2.87. The second kappa shape index (κ2) is 7.05. The average Bonchev–Trinajstić information content (AvgIpc) is 2.60. The van der Waals surface area contributed by atoms with Crippen LogP contribution < -0.4 is 10.6 Å². The van der Waals surface area contributed by atoms with Crippen LogP contribution in [0.2, 0.25) is 0 Å². The van der Waals surface area contributed by atoms with E-state index in [0.717, 1.165) is 38.1 Å². The predicted molar refractivity (Wildman–Crippen MR) is 86.0 cm³/mol. The summed E-state index contributed by atoms with van der Waals surface area (Å²) in [7, 11) is 0. The summed E-state index contributed by atoms with van der Waals surface area (Å²) in [5.74, 6) is -4.24. The molecule has 1 aliphatic rings. The van der Waals surface area contributed by atoms with Gasteiger partial charge in [0.2, 0.25) is 5.91 Å². The zero-order valence-corrected chi connectivity index (χ0v) is 12.9. The van der Waals surface area contributed by atoms with Crippen molar-refractivity contribution in [3.8, 4) is 11.1 Å². The summed E-state index contributed by atoms with van der Waals surface area (Å²) in [5.41, 5.74) is 1.07. The van der Waals surface area contributed by atoms with E-state index in [-0.39, 0.29) is 17.4 Å². The summed E-state index contributed by atoms with van der Waals surface area (Å²) in [6.07, 6.45) is 1.49. The first-order valence-electron chi connectivity index (χ1n) is 7.82. The van der Waals surface area contributed by atoms with Crippen LogP contribution in [0.3, 0.4) is 0 Å². The van der Waals surface area contributed by atoms with Crippen molar-refractivity contribution in [2.24, 2.45) is 5.92 Å². The summed E-state index contributed by atoms with van der Waals surface area (Å²) in [6.45, 7) is 1.57. The van der Waals surface area contributed by atoms with Gasteiger partial charge in [0.15, 0.2) is 17.5 Å². The molecule has 0 unspecified atom stereocenters. The number of hydrogen-bond acceptors (Lipinski definition) is 2. The highest BCUT2D eigenvalue weighted by Gasteiger charge is 2.22. The maximum absolute atomic E-state index is 13.5. The third-order valence-corrected chi connectivity index (χ3v) is 4.19. The average molecular weight is 334 g/mol. The van der Waals surface area contributed by atoms with Gasteiger partial charge in [0.1, 0.15) is 0 Å². The van der Waals surface area contributed by atoms with Gasteiger partial charge in [0.25, 0.3) is 0 Å². The van der Waals surface area contributed by atoms with Gasteiger partial charge in [-0.2, -0.15) is 0 Å². The fourth-order valence-electron chi connectivity index (χ4n) is 2.87. The smallest absolute Gasteiger partial charge is 0.227 e. The molecule has 3 rings (SSSR count). The molecule has 2 N–H and O–H groups in total. The van der Waals surface area contributed by atoms with Crippen LogP contribution in [0.15, 0.2) is 36.4 Å². The molecule has 1 amide bonds. The minimum absolute atomic E-state index is 0.0963. The Morgan fingerprint density at radius 1 is 1.04 bits per heavy atom. The molecule has 2 aromatic rings. The number of carbonyl (C=O) groups is 1. The molecule has 0 aliphatic carbocycles. The lowest BCUT2D eigenvalue weighted by Crippen LogP contribution is -2.34. The van der Waals surface area contributed by atoms with Crippen molar-refractivity contribution in [3.05, 3.63) is 53.8 Å². The summed E-state index contributed by atoms with van der Waals surface area (Å²) < 4.78 is 40.2. The quantitative estimate of drug-likeness (QED) is 0.840. The summed E-state index contributed by atoms with van der Waals surface area (Å²) in [6, 6.07) is 8.55. The number of carbonyl (C=O) groups excluding carboxylic acids is 1. The van der Waals surface area contributed by atoms with Gasteiger partial charge in [0, 0.05) is 17.2 Å². The van der Waals surface area contributed by atoms with E-state index in [4.69, 9.17) is 0 Å². The highest BCUT2D eigenvalue weighted by Crippen LogP contribution is 2.30. The number of benzene rings is 2. The zero-order valence-electron chi connectivity index (χ0n) is 12.9. The van der Waals surface area contributed by atoms with Crippen LogP contribution in [-0.2, 0) is 4.79 Å². The molecule has 1 saturated heterocycles. The van der Waals surface area contributed by atoms with Crippen LogP contribution in [0.4, 0.5) is 18.9 Å². The van der Waals surface area contributed by atoms with Crippen LogP contribution in [0.5, 0.6) is 0 Å². The Bertz CT molecular complexity index is 735. The Balaban J connectivity index is 1.89. The molecule has 0 spiro atoms. The maximum Gasteiger partial charge on any atom is 0.227 e. The van der Waals surface area contributed by atoms with Gasteiger partial charge in [-0.05, 0) is 49.7 Å². The van der Waals surface area contributed by atoms with Crippen molar-refractivity contribution in [2.75, 3.05) is 18.4 Å². The second-order valence-corrected chi connectivity index (χ2v) is 5.81. The number of amides is 1. The van der Waals surface area contributed by atoms with E-state index < -0.39 is 17.5 Å². The Morgan fingerprint density at radius 2 is 1.67 bits per heavy atom. The van der Waals surface area contributed by atoms with E-state index in [1.807, 2.05) is 0 Å². The predicted octanol–water partition coefficient (Wildman–Crippen LogP) is 3.71. The highest BCUT2D eigenvalue weighted by molar-refractivity contribution is 5.96. The van der Waals surface area contributed by atoms with Gasteiger partial charge in [-0.1, -0.05) is 18.2 Å². The fraction of sp³-hybridized carbons (Fsp3) is 0.278. The van der Waals surface area contributed by atoms with Crippen molar-refractivity contribution < 1.29 is 18.0 Å². The number of piperidine rings is 1. The SMILES string of the molecule is O=C(Nc1ccccc1-c1cc(F)c(F)c(F)c1)C1CCNCC1. The summed E-state index contributed by atoms with van der Waals surface area (Å²) in [5, 5.41) is 6.02. The third kappa shape index (κ3) is 3.43. The van der Waals surface area contributed by atoms with Gasteiger partial charge in [0.05, 0.1) is 0 Å². The zero-order chi connectivity index (χ0) is 17.1. The van der Waals surface area contributed by atoms with Gasteiger partial charge in [-0.3, -0.25) is 4.79 Å². The Kier molecular flexibility index (Phi) is 4.85. The van der Waals surface area contributed by atoms with E-state index in [1.165, 1.54) is 0 Å². The molecule has 1 aliphatic heterocycles. The molecule has 0 aromatic heterocycles. The lowest BCUT2D eigenvalue weighted by atomic mass is 9.96. The third-order valence-electron chi connectivity index (χ3n) is 4.19. The number of nitrogens with one attached hydrogen (secondary N) is 2. The molecule has 3 nitrogen and oxygen atoms in total. The second-order valence-electron chi connectivity index (χ2n) is 5.81. The number of rotatable bonds is 3. The number of anilines is 1. The van der Waals surface area contributed by atoms with Gasteiger partial charge in [-0.15, -0.1) is 0 Å². The lowest BCUT2D eigenvalue weighted by Gasteiger charge is -2.22. The van der Waals surface area contributed by atoms with E-state index in [9.17, 15) is 18.0 Å². The molecule has 6 heteroatoms. The molecule has 1 fully saturated rings. The maximum atomic E-state index is 13.5. The van der Waals surface area contributed by atoms with Crippen LogP contribution in [0, 0.1) is 23.4 Å². The monoisotopic (exact) mass is 334 g/mol. The minimum Gasteiger partial charge on any atom is -0.325 e. The number of hydrogen-bond donors (Lipinski definition) is 2. The summed E-state index contributed by atoms with van der Waals surface area (Å²) in [4.78, 5) is 12.4. The Labute approximate surface area is 137 Å². The number of halogens is 3. The van der Waals surface area contributed by atoms with Crippen LogP contribution >= 0.6 is 0 Å². The standard InChI is InChI=1S/C18H17F3N2O/c19-14-9-12(10-15(20)17(14)21)13-3-1-2-4-16(13)23-18(24)11-5-7-22-8-6-11/h1-4,9-11,22H,5-8H2,(H,23,24). The van der Waals surface area contributed by atoms with Crippen molar-refractivity contribution >= 4 is 11.6 Å². The van der Waals surface area contributed by atoms with E-state index in [2.05, 4.69) is 10.6 Å². The molecule has 1 heterocycles. The van der Waals surface area contributed by atoms with Gasteiger partial charge < -0.3 is 10.6 Å². The van der Waals surface area contributed by atoms with Crippen molar-refractivity contribution in [1.82, 2.24) is 5.32 Å². The number of para-hydroxylation sites is 1. The van der Waals surface area contributed by atoms with Crippen molar-refractivity contribution in [3.63, 3.8) is 0 Å². The molecule has 0 radical (unpaired) electrons. The molecule has 0 atom stereocenters. The summed E-state index contributed by atoms with van der Waals surface area (Å²) >= 11 is 0. The van der Waals surface area contributed by atoms with E-state index >= 15 is 0 Å². The topological polar surface area (TPSA) is 41.1 Å². The van der Waals surface area contributed by atoms with Crippen molar-refractivity contribution in [2.45, 2.75) is 12.8 Å². The normalized spacial score (nSPS) is 15.3. The molecule has 0 saturated carbocycles. The molecule has 126 valence electrons. The Hall–Kier alpha value is -2.34. The largest absolute Gasteiger partial charge is 0.325 e. The minimum atomic E-state index is -1.50. The highest BCUT2D eigenvalue weighted by atomic mass is 19.2. The van der Waals surface area contributed by atoms with Gasteiger partial charge in [-0.25, -0.2) is 13.2 Å². The van der Waals surface area contributed by atoms with Crippen LogP contribution in [0.1, 0.15) is 12.8 Å². The first kappa shape index (κ1) is 16.5. The van der Waals surface area contributed by atoms with E-state index in [1.54, 1.807) is 24.3 Å². The first-order valence-corrected chi connectivity index (χ1v) is 7.82. The molecule has 24 heavy (non-hydrogen) atoms. The molecule has 0 bridgehead atoms. The van der Waals surface area contributed by atoms with Gasteiger partial charge >= 0.3 is 0 Å². The molecular weight excluding hydrogens is 317 g/mol.